The van der Waals surface area contributed by atoms with Crippen molar-refractivity contribution in [1.29, 1.82) is 0 Å². The Hall–Kier alpha value is -3.61. The summed E-state index contributed by atoms with van der Waals surface area (Å²) in [5.74, 6) is 1.07. The number of aromatic amines is 1. The van der Waals surface area contributed by atoms with E-state index in [1.54, 1.807) is 31.0 Å². The number of carbonyl (C=O) groups excluding carboxylic acids is 1. The number of amides is 1. The minimum atomic E-state index is 0.00641. The molecule has 7 heteroatoms. The Morgan fingerprint density at radius 1 is 1.13 bits per heavy atom. The van der Waals surface area contributed by atoms with Crippen LogP contribution in [0, 0.1) is 5.92 Å². The van der Waals surface area contributed by atoms with Crippen molar-refractivity contribution in [3.05, 3.63) is 72.7 Å². The Morgan fingerprint density at radius 3 is 2.97 bits per heavy atom. The van der Waals surface area contributed by atoms with E-state index in [0.29, 0.717) is 24.0 Å². The first-order valence-electron chi connectivity index (χ1n) is 10.2. The number of aromatic nitrogens is 5. The van der Waals surface area contributed by atoms with Crippen LogP contribution < -0.4 is 0 Å². The number of nitrogens with zero attached hydrogens (tertiary/aromatic N) is 5. The van der Waals surface area contributed by atoms with E-state index >= 15 is 0 Å². The standard InChI is InChI=1S/C23H22N6O/c30-23(21-19-6-2-1-5-17(19)7-8-25-21)29-11-3-4-16(15-29)12-18-13-24-14-20(28-18)22-26-9-10-27-22/h1-2,5-10,13-14,16H,3-4,11-12,15H2,(H,26,27). The predicted octanol–water partition coefficient (Wildman–Crippen LogP) is 3.51. The first-order chi connectivity index (χ1) is 14.8. The van der Waals surface area contributed by atoms with E-state index in [-0.39, 0.29) is 5.91 Å². The van der Waals surface area contributed by atoms with Gasteiger partial charge in [-0.2, -0.15) is 0 Å². The molecule has 4 aromatic rings. The zero-order valence-corrected chi connectivity index (χ0v) is 16.5. The maximum absolute atomic E-state index is 13.2. The molecule has 0 saturated carbocycles. The fraction of sp³-hybridized carbons (Fsp3) is 0.261. The monoisotopic (exact) mass is 398 g/mol. The lowest BCUT2D eigenvalue weighted by Crippen LogP contribution is -2.41. The van der Waals surface area contributed by atoms with E-state index in [9.17, 15) is 4.79 Å². The number of likely N-dealkylation sites (tertiary alicyclic amines) is 1. The van der Waals surface area contributed by atoms with Crippen LogP contribution in [0.3, 0.4) is 0 Å². The molecule has 1 N–H and O–H groups in total. The number of carbonyl (C=O) groups is 1. The Labute approximate surface area is 174 Å². The van der Waals surface area contributed by atoms with Gasteiger partial charge in [-0.25, -0.2) is 9.97 Å². The molecule has 30 heavy (non-hydrogen) atoms. The van der Waals surface area contributed by atoms with Crippen LogP contribution >= 0.6 is 0 Å². The third kappa shape index (κ3) is 3.66. The average Bonchev–Trinajstić information content (AvgIpc) is 3.34. The second kappa shape index (κ2) is 8.02. The molecule has 1 fully saturated rings. The van der Waals surface area contributed by atoms with E-state index in [1.165, 1.54) is 0 Å². The molecule has 0 bridgehead atoms. The molecule has 1 aliphatic heterocycles. The van der Waals surface area contributed by atoms with Crippen molar-refractivity contribution in [2.45, 2.75) is 19.3 Å². The van der Waals surface area contributed by atoms with Crippen molar-refractivity contribution in [2.75, 3.05) is 13.1 Å². The first kappa shape index (κ1) is 18.4. The number of hydrogen-bond donors (Lipinski definition) is 1. The number of benzene rings is 1. The first-order valence-corrected chi connectivity index (χ1v) is 10.2. The number of imidazole rings is 1. The molecule has 0 radical (unpaired) electrons. The van der Waals surface area contributed by atoms with Crippen molar-refractivity contribution in [3.63, 3.8) is 0 Å². The number of H-pyrrole nitrogens is 1. The number of hydrogen-bond acceptors (Lipinski definition) is 5. The summed E-state index contributed by atoms with van der Waals surface area (Å²) in [4.78, 5) is 35.9. The second-order valence-electron chi connectivity index (χ2n) is 7.68. The molecular formula is C23H22N6O. The van der Waals surface area contributed by atoms with Crippen LogP contribution in [0.15, 0.2) is 61.3 Å². The van der Waals surface area contributed by atoms with E-state index in [2.05, 4.69) is 19.9 Å². The van der Waals surface area contributed by atoms with Gasteiger partial charge in [-0.1, -0.05) is 24.3 Å². The lowest BCUT2D eigenvalue weighted by Gasteiger charge is -2.32. The smallest absolute Gasteiger partial charge is 0.273 e. The highest BCUT2D eigenvalue weighted by molar-refractivity contribution is 6.05. The average molecular weight is 398 g/mol. The number of piperidine rings is 1. The Balaban J connectivity index is 1.33. The topological polar surface area (TPSA) is 87.7 Å². The van der Waals surface area contributed by atoms with Crippen molar-refractivity contribution in [3.8, 4) is 11.5 Å². The lowest BCUT2D eigenvalue weighted by atomic mass is 9.93. The highest BCUT2D eigenvalue weighted by Crippen LogP contribution is 2.24. The van der Waals surface area contributed by atoms with Crippen LogP contribution in [-0.2, 0) is 6.42 Å². The Bertz CT molecular complexity index is 1170. The van der Waals surface area contributed by atoms with Gasteiger partial charge in [0, 0.05) is 43.3 Å². The number of pyridine rings is 1. The van der Waals surface area contributed by atoms with Crippen LogP contribution in [0.1, 0.15) is 29.0 Å². The molecule has 1 atom stereocenters. The van der Waals surface area contributed by atoms with Gasteiger partial charge in [-0.05, 0) is 36.6 Å². The quantitative estimate of drug-likeness (QED) is 0.568. The number of nitrogens with one attached hydrogen (secondary N) is 1. The summed E-state index contributed by atoms with van der Waals surface area (Å²) in [7, 11) is 0. The van der Waals surface area contributed by atoms with Gasteiger partial charge in [0.15, 0.2) is 5.82 Å². The van der Waals surface area contributed by atoms with Crippen LogP contribution in [0.25, 0.3) is 22.3 Å². The van der Waals surface area contributed by atoms with Gasteiger partial charge >= 0.3 is 0 Å². The summed E-state index contributed by atoms with van der Waals surface area (Å²) in [6, 6.07) is 9.84. The minimum absolute atomic E-state index is 0.00641. The molecule has 0 spiro atoms. The van der Waals surface area contributed by atoms with Gasteiger partial charge in [-0.3, -0.25) is 14.8 Å². The second-order valence-corrected chi connectivity index (χ2v) is 7.68. The number of fused-ring (bicyclic) bond motifs is 1. The van der Waals surface area contributed by atoms with Gasteiger partial charge in [0.1, 0.15) is 11.4 Å². The van der Waals surface area contributed by atoms with Crippen molar-refractivity contribution in [2.24, 2.45) is 5.92 Å². The van der Waals surface area contributed by atoms with E-state index in [4.69, 9.17) is 4.98 Å². The van der Waals surface area contributed by atoms with Crippen molar-refractivity contribution in [1.82, 2.24) is 29.8 Å². The maximum atomic E-state index is 13.2. The third-order valence-corrected chi connectivity index (χ3v) is 5.61. The number of rotatable bonds is 4. The molecule has 1 aliphatic rings. The van der Waals surface area contributed by atoms with Gasteiger partial charge in [0.2, 0.25) is 0 Å². The zero-order valence-electron chi connectivity index (χ0n) is 16.5. The van der Waals surface area contributed by atoms with E-state index in [0.717, 1.165) is 48.0 Å². The van der Waals surface area contributed by atoms with Gasteiger partial charge in [0.05, 0.1) is 11.9 Å². The van der Waals surface area contributed by atoms with E-state index < -0.39 is 0 Å². The largest absolute Gasteiger partial charge is 0.343 e. The predicted molar refractivity (Wildman–Crippen MR) is 114 cm³/mol. The summed E-state index contributed by atoms with van der Waals surface area (Å²) in [5, 5.41) is 1.94. The summed E-state index contributed by atoms with van der Waals surface area (Å²) in [5.41, 5.74) is 2.20. The molecule has 150 valence electrons. The highest BCUT2D eigenvalue weighted by Gasteiger charge is 2.26. The zero-order chi connectivity index (χ0) is 20.3. The van der Waals surface area contributed by atoms with Crippen LogP contribution in [0.4, 0.5) is 0 Å². The van der Waals surface area contributed by atoms with Crippen LogP contribution in [0.2, 0.25) is 0 Å². The molecule has 4 heterocycles. The molecule has 0 aliphatic carbocycles. The van der Waals surface area contributed by atoms with E-state index in [1.807, 2.05) is 35.2 Å². The molecule has 7 nitrogen and oxygen atoms in total. The molecule has 1 aromatic carbocycles. The highest BCUT2D eigenvalue weighted by atomic mass is 16.2. The van der Waals surface area contributed by atoms with Gasteiger partial charge in [0.25, 0.3) is 5.91 Å². The normalized spacial score (nSPS) is 16.7. The summed E-state index contributed by atoms with van der Waals surface area (Å²) in [6.45, 7) is 1.47. The molecule has 3 aromatic heterocycles. The molecule has 1 saturated heterocycles. The molecule has 1 amide bonds. The minimum Gasteiger partial charge on any atom is -0.343 e. The lowest BCUT2D eigenvalue weighted by molar-refractivity contribution is 0.0669. The fourth-order valence-corrected chi connectivity index (χ4v) is 4.18. The molecule has 5 rings (SSSR count). The molecular weight excluding hydrogens is 376 g/mol. The summed E-state index contributed by atoms with van der Waals surface area (Å²) < 4.78 is 0. The Morgan fingerprint density at radius 2 is 2.07 bits per heavy atom. The van der Waals surface area contributed by atoms with Crippen molar-refractivity contribution >= 4 is 16.7 Å². The third-order valence-electron chi connectivity index (χ3n) is 5.61. The SMILES string of the molecule is O=C(c1nccc2ccccc12)N1CCCC(Cc2cncc(-c3ncc[nH]3)n2)C1. The summed E-state index contributed by atoms with van der Waals surface area (Å²) in [6.07, 6.45) is 11.5. The van der Waals surface area contributed by atoms with Crippen LogP contribution in [0.5, 0.6) is 0 Å². The molecule has 1 unspecified atom stereocenters. The maximum Gasteiger partial charge on any atom is 0.273 e. The Kier molecular flexibility index (Phi) is 4.93. The van der Waals surface area contributed by atoms with Crippen LogP contribution in [-0.4, -0.2) is 48.8 Å². The fourth-order valence-electron chi connectivity index (χ4n) is 4.18. The van der Waals surface area contributed by atoms with Gasteiger partial charge < -0.3 is 9.88 Å². The summed E-state index contributed by atoms with van der Waals surface area (Å²) >= 11 is 0. The van der Waals surface area contributed by atoms with Gasteiger partial charge in [-0.15, -0.1) is 0 Å². The van der Waals surface area contributed by atoms with Crippen molar-refractivity contribution < 1.29 is 4.79 Å².